The van der Waals surface area contributed by atoms with Crippen molar-refractivity contribution in [2.24, 2.45) is 0 Å². The van der Waals surface area contributed by atoms with E-state index >= 15 is 0 Å². The van der Waals surface area contributed by atoms with E-state index in [4.69, 9.17) is 4.74 Å². The van der Waals surface area contributed by atoms with Gasteiger partial charge in [0.25, 0.3) is 6.43 Å². The van der Waals surface area contributed by atoms with Gasteiger partial charge < -0.3 is 15.0 Å². The molecule has 5 nitrogen and oxygen atoms in total. The minimum atomic E-state index is -2.87. The van der Waals surface area contributed by atoms with Gasteiger partial charge in [0.1, 0.15) is 17.7 Å². The molecule has 0 aliphatic carbocycles. The highest BCUT2D eigenvalue weighted by molar-refractivity contribution is 5.91. The third kappa shape index (κ3) is 4.74. The lowest BCUT2D eigenvalue weighted by Gasteiger charge is -2.29. The van der Waals surface area contributed by atoms with Gasteiger partial charge in [-0.3, -0.25) is 0 Å². The molecular formula is C23H25F3N4O. The summed E-state index contributed by atoms with van der Waals surface area (Å²) in [6.45, 7) is 3.72. The number of nitrogens with one attached hydrogen (secondary N) is 1. The molecule has 31 heavy (non-hydrogen) atoms. The molecule has 0 saturated carbocycles. The summed E-state index contributed by atoms with van der Waals surface area (Å²) in [6, 6.07) is 9.09. The number of aromatic nitrogens is 2. The largest absolute Gasteiger partial charge is 0.490 e. The van der Waals surface area contributed by atoms with Crippen LogP contribution in [-0.2, 0) is 0 Å². The van der Waals surface area contributed by atoms with Crippen molar-refractivity contribution in [1.82, 2.24) is 15.1 Å². The first kappa shape index (κ1) is 21.4. The van der Waals surface area contributed by atoms with Gasteiger partial charge in [0.15, 0.2) is 0 Å². The molecule has 1 aliphatic rings. The molecule has 2 aromatic carbocycles. The summed E-state index contributed by atoms with van der Waals surface area (Å²) in [5.74, 6) is -0.160. The second-order valence-electron chi connectivity index (χ2n) is 7.97. The van der Waals surface area contributed by atoms with E-state index in [0.717, 1.165) is 43.1 Å². The Morgan fingerprint density at radius 1 is 1.13 bits per heavy atom. The molecule has 1 aliphatic heterocycles. The standard InChI is InChI=1S/C23H25F3N4O/c1-14(17-4-3-5-18(22(17)24)23(25)26)28-21-13-27-29-20-7-6-16(12-19(20)21)31-15-8-10-30(2)11-9-15/h3-7,12-15,23H,8-11H2,1-2H3,(H,28,29)/t14-/m1/s1. The Kier molecular flexibility index (Phi) is 6.27. The zero-order chi connectivity index (χ0) is 22.0. The van der Waals surface area contributed by atoms with Crippen molar-refractivity contribution in [3.63, 3.8) is 0 Å². The normalized spacial score (nSPS) is 16.6. The van der Waals surface area contributed by atoms with Crippen LogP contribution < -0.4 is 10.1 Å². The second-order valence-corrected chi connectivity index (χ2v) is 7.97. The number of anilines is 1. The minimum absolute atomic E-state index is 0.157. The summed E-state index contributed by atoms with van der Waals surface area (Å²) >= 11 is 0. The van der Waals surface area contributed by atoms with Gasteiger partial charge in [0, 0.05) is 24.0 Å². The highest BCUT2D eigenvalue weighted by Crippen LogP contribution is 2.32. The van der Waals surface area contributed by atoms with Gasteiger partial charge >= 0.3 is 0 Å². The molecule has 8 heteroatoms. The van der Waals surface area contributed by atoms with E-state index < -0.39 is 23.8 Å². The Balaban J connectivity index is 1.58. The Morgan fingerprint density at radius 3 is 2.61 bits per heavy atom. The van der Waals surface area contributed by atoms with Gasteiger partial charge in [0.2, 0.25) is 0 Å². The van der Waals surface area contributed by atoms with E-state index in [0.29, 0.717) is 11.2 Å². The average molecular weight is 430 g/mol. The van der Waals surface area contributed by atoms with E-state index in [1.165, 1.54) is 12.1 Å². The maximum atomic E-state index is 14.6. The van der Waals surface area contributed by atoms with Crippen LogP contribution in [-0.4, -0.2) is 41.3 Å². The summed E-state index contributed by atoms with van der Waals surface area (Å²) in [5.41, 5.74) is 0.863. The van der Waals surface area contributed by atoms with Gasteiger partial charge in [-0.1, -0.05) is 18.2 Å². The van der Waals surface area contributed by atoms with Crippen molar-refractivity contribution in [3.05, 3.63) is 59.5 Å². The first-order valence-electron chi connectivity index (χ1n) is 10.4. The minimum Gasteiger partial charge on any atom is -0.490 e. The summed E-state index contributed by atoms with van der Waals surface area (Å²) in [5, 5.41) is 12.1. The Morgan fingerprint density at radius 2 is 1.87 bits per heavy atom. The number of piperidine rings is 1. The molecule has 164 valence electrons. The highest BCUT2D eigenvalue weighted by Gasteiger charge is 2.21. The summed E-state index contributed by atoms with van der Waals surface area (Å²) < 4.78 is 46.9. The fourth-order valence-electron chi connectivity index (χ4n) is 3.90. The lowest BCUT2D eigenvalue weighted by Crippen LogP contribution is -2.35. The van der Waals surface area contributed by atoms with Crippen molar-refractivity contribution in [1.29, 1.82) is 0 Å². The molecule has 1 atom stereocenters. The number of likely N-dealkylation sites (tertiary alicyclic amines) is 1. The van der Waals surface area contributed by atoms with Crippen LogP contribution in [0.25, 0.3) is 10.9 Å². The van der Waals surface area contributed by atoms with Crippen LogP contribution in [0.5, 0.6) is 5.75 Å². The van der Waals surface area contributed by atoms with Crippen molar-refractivity contribution >= 4 is 16.6 Å². The van der Waals surface area contributed by atoms with Gasteiger partial charge in [-0.2, -0.15) is 10.2 Å². The zero-order valence-corrected chi connectivity index (χ0v) is 17.5. The molecule has 4 rings (SSSR count). The topological polar surface area (TPSA) is 50.3 Å². The number of nitrogens with zero attached hydrogens (tertiary/aromatic N) is 3. The predicted molar refractivity (Wildman–Crippen MR) is 114 cm³/mol. The number of hydrogen-bond acceptors (Lipinski definition) is 5. The lowest BCUT2D eigenvalue weighted by atomic mass is 10.0. The molecular weight excluding hydrogens is 405 g/mol. The Labute approximate surface area is 179 Å². The van der Waals surface area contributed by atoms with Crippen LogP contribution in [0.1, 0.15) is 43.4 Å². The summed E-state index contributed by atoms with van der Waals surface area (Å²) in [7, 11) is 2.10. The molecule has 3 aromatic rings. The van der Waals surface area contributed by atoms with Crippen molar-refractivity contribution in [2.45, 2.75) is 38.3 Å². The van der Waals surface area contributed by atoms with E-state index in [2.05, 4.69) is 27.5 Å². The first-order chi connectivity index (χ1) is 14.9. The predicted octanol–water partition coefficient (Wildman–Crippen LogP) is 5.35. The van der Waals surface area contributed by atoms with Gasteiger partial charge in [-0.15, -0.1) is 0 Å². The highest BCUT2D eigenvalue weighted by atomic mass is 19.3. The van der Waals surface area contributed by atoms with E-state index in [9.17, 15) is 13.2 Å². The van der Waals surface area contributed by atoms with Crippen LogP contribution in [0.2, 0.25) is 0 Å². The molecule has 2 heterocycles. The number of hydrogen-bond donors (Lipinski definition) is 1. The maximum Gasteiger partial charge on any atom is 0.266 e. The number of benzene rings is 2. The number of halogens is 3. The molecule has 0 radical (unpaired) electrons. The quantitative estimate of drug-likeness (QED) is 0.571. The summed E-state index contributed by atoms with van der Waals surface area (Å²) in [4.78, 5) is 2.28. The molecule has 1 aromatic heterocycles. The lowest BCUT2D eigenvalue weighted by molar-refractivity contribution is 0.114. The number of ether oxygens (including phenoxy) is 1. The van der Waals surface area contributed by atoms with Gasteiger partial charge in [-0.05, 0) is 45.0 Å². The molecule has 1 N–H and O–H groups in total. The third-order valence-corrected chi connectivity index (χ3v) is 5.71. The number of alkyl halides is 2. The van der Waals surface area contributed by atoms with Crippen LogP contribution in [0.4, 0.5) is 18.9 Å². The molecule has 0 spiro atoms. The average Bonchev–Trinajstić information content (AvgIpc) is 2.75. The number of rotatable bonds is 6. The van der Waals surface area contributed by atoms with Crippen molar-refractivity contribution in [3.8, 4) is 5.75 Å². The van der Waals surface area contributed by atoms with Crippen LogP contribution in [0.3, 0.4) is 0 Å². The van der Waals surface area contributed by atoms with E-state index in [1.807, 2.05) is 18.2 Å². The first-order valence-corrected chi connectivity index (χ1v) is 10.4. The number of fused-ring (bicyclic) bond motifs is 1. The molecule has 0 amide bonds. The molecule has 1 saturated heterocycles. The monoisotopic (exact) mass is 430 g/mol. The van der Waals surface area contributed by atoms with Crippen LogP contribution >= 0.6 is 0 Å². The fourth-order valence-corrected chi connectivity index (χ4v) is 3.90. The Bertz CT molecular complexity index is 1050. The summed E-state index contributed by atoms with van der Waals surface area (Å²) in [6.07, 6.45) is 0.767. The Hall–Kier alpha value is -2.87. The smallest absolute Gasteiger partial charge is 0.266 e. The maximum absolute atomic E-state index is 14.6. The SMILES string of the molecule is C[C@@H](Nc1cnnc2ccc(OC3CCN(C)CC3)cc12)c1cccc(C(F)F)c1F. The van der Waals surface area contributed by atoms with E-state index in [1.54, 1.807) is 13.1 Å². The zero-order valence-electron chi connectivity index (χ0n) is 17.5. The van der Waals surface area contributed by atoms with Crippen molar-refractivity contribution in [2.75, 3.05) is 25.5 Å². The van der Waals surface area contributed by atoms with Gasteiger partial charge in [-0.25, -0.2) is 13.2 Å². The van der Waals surface area contributed by atoms with Crippen LogP contribution in [0.15, 0.2) is 42.6 Å². The van der Waals surface area contributed by atoms with Gasteiger partial charge in [0.05, 0.1) is 29.0 Å². The van der Waals surface area contributed by atoms with Crippen molar-refractivity contribution < 1.29 is 17.9 Å². The molecule has 0 unspecified atom stereocenters. The second kappa shape index (κ2) is 9.09. The third-order valence-electron chi connectivity index (χ3n) is 5.71. The molecule has 1 fully saturated rings. The van der Waals surface area contributed by atoms with Crippen LogP contribution in [0, 0.1) is 5.82 Å². The fraction of sp³-hybridized carbons (Fsp3) is 0.391. The van der Waals surface area contributed by atoms with E-state index in [-0.39, 0.29) is 11.7 Å². The molecule has 0 bridgehead atoms.